The van der Waals surface area contributed by atoms with Gasteiger partial charge in [-0.3, -0.25) is 0 Å². The highest BCUT2D eigenvalue weighted by Gasteiger charge is 2.37. The first-order valence-electron chi connectivity index (χ1n) is 7.72. The molecular weight excluding hydrogens is 424 g/mol. The first-order chi connectivity index (χ1) is 13.0. The van der Waals surface area contributed by atoms with Gasteiger partial charge in [0, 0.05) is 0 Å². The van der Waals surface area contributed by atoms with Crippen molar-refractivity contribution < 1.29 is 19.7 Å². The molecule has 27 heavy (non-hydrogen) atoms. The molecule has 0 atom stereocenters. The van der Waals surface area contributed by atoms with Crippen molar-refractivity contribution in [2.45, 2.75) is 39.9 Å². The summed E-state index contributed by atoms with van der Waals surface area (Å²) < 4.78 is 6.00. The predicted molar refractivity (Wildman–Crippen MR) is 106 cm³/mol. The van der Waals surface area contributed by atoms with E-state index in [1.165, 1.54) is 23.5 Å². The third kappa shape index (κ3) is 3.39. The lowest BCUT2D eigenvalue weighted by molar-refractivity contribution is -0.138. The van der Waals surface area contributed by atoms with Gasteiger partial charge in [0.05, 0.1) is 41.2 Å². The van der Waals surface area contributed by atoms with Gasteiger partial charge in [-0.25, -0.2) is 9.64 Å². The minimum Gasteiger partial charge on any atom is -0.505 e. The number of rotatable bonds is 3. The van der Waals surface area contributed by atoms with E-state index in [-0.39, 0.29) is 23.7 Å². The second-order valence-corrected chi connectivity index (χ2v) is 9.72. The minimum absolute atomic E-state index is 0.0145. The molecule has 1 aromatic carbocycles. The Balaban J connectivity index is 2.06. The van der Waals surface area contributed by atoms with E-state index in [1.54, 1.807) is 6.92 Å². The van der Waals surface area contributed by atoms with Crippen LogP contribution < -0.4 is 0 Å². The van der Waals surface area contributed by atoms with E-state index in [1.807, 2.05) is 13.0 Å². The Morgan fingerprint density at radius 1 is 1.07 bits per heavy atom. The number of ether oxygens (including phenoxy) is 1. The fourth-order valence-electron chi connectivity index (χ4n) is 2.29. The lowest BCUT2D eigenvalue weighted by atomic mass is 10.3. The average molecular weight is 437 g/mol. The molecule has 0 spiro atoms. The maximum atomic E-state index is 12.0. The van der Waals surface area contributed by atoms with E-state index < -0.39 is 5.97 Å². The van der Waals surface area contributed by atoms with E-state index >= 15 is 0 Å². The van der Waals surface area contributed by atoms with Crippen LogP contribution >= 0.6 is 47.0 Å². The van der Waals surface area contributed by atoms with Crippen molar-refractivity contribution in [2.24, 2.45) is 0 Å². The summed E-state index contributed by atoms with van der Waals surface area (Å²) in [6, 6.07) is 1.85. The van der Waals surface area contributed by atoms with Gasteiger partial charge in [-0.05, 0) is 13.3 Å². The van der Waals surface area contributed by atoms with Gasteiger partial charge in [-0.1, -0.05) is 54.0 Å². The lowest BCUT2D eigenvalue weighted by Crippen LogP contribution is -2.07. The van der Waals surface area contributed by atoms with Crippen LogP contribution in [0, 0.1) is 17.9 Å². The van der Waals surface area contributed by atoms with Gasteiger partial charge >= 0.3 is 5.97 Å². The molecule has 2 heterocycles. The number of fused-ring (bicyclic) bond motifs is 2. The highest BCUT2D eigenvalue weighted by atomic mass is 32.2. The molecule has 0 aromatic heterocycles. The van der Waals surface area contributed by atoms with Gasteiger partial charge < -0.3 is 14.9 Å². The zero-order valence-corrected chi connectivity index (χ0v) is 17.4. The Hall–Kier alpha value is -1.85. The van der Waals surface area contributed by atoms with Crippen LogP contribution in [0.25, 0.3) is 4.85 Å². The van der Waals surface area contributed by atoms with Crippen molar-refractivity contribution in [3.8, 4) is 17.6 Å². The van der Waals surface area contributed by atoms with Crippen molar-refractivity contribution in [1.82, 2.24) is 0 Å². The van der Waals surface area contributed by atoms with Crippen LogP contribution in [0.15, 0.2) is 39.3 Å². The Labute approximate surface area is 172 Å². The molecule has 138 valence electrons. The van der Waals surface area contributed by atoms with Gasteiger partial charge in [0.1, 0.15) is 17.6 Å². The molecule has 0 saturated carbocycles. The van der Waals surface area contributed by atoms with E-state index in [4.69, 9.17) is 11.3 Å². The fraction of sp³-hybridized carbons (Fsp3) is 0.235. The van der Waals surface area contributed by atoms with Crippen molar-refractivity contribution in [3.05, 3.63) is 31.2 Å². The second-order valence-electron chi connectivity index (χ2n) is 5.12. The van der Waals surface area contributed by atoms with Crippen LogP contribution in [0.5, 0.6) is 11.5 Å². The highest BCUT2D eigenvalue weighted by Crippen LogP contribution is 2.67. The summed E-state index contributed by atoms with van der Waals surface area (Å²) >= 11 is 4.63. The van der Waals surface area contributed by atoms with Crippen LogP contribution in [0.2, 0.25) is 0 Å². The molecule has 1 aromatic rings. The summed E-state index contributed by atoms with van der Waals surface area (Å²) in [6.45, 7) is 10.9. The number of benzene rings is 1. The number of aromatic hydroxyl groups is 2. The number of nitrogens with zero attached hydrogens (tertiary/aromatic N) is 2. The standard InChI is InChI=1S/C17H12N2O4S4/c1-4-8(19-3)17-26-13-9(20)11-12(10(21)14(13)27-17)25-16(24-11)7(6-18)15(22)23-5-2/h20-21H,4-5H2,1-2H3. The molecule has 6 nitrogen and oxygen atoms in total. The number of carbonyl (C=O) groups excluding carboxylic acids is 1. The Bertz CT molecular complexity index is 957. The summed E-state index contributed by atoms with van der Waals surface area (Å²) in [4.78, 5) is 17.3. The zero-order chi connectivity index (χ0) is 19.7. The van der Waals surface area contributed by atoms with Crippen LogP contribution in [-0.4, -0.2) is 22.8 Å². The first kappa shape index (κ1) is 19.9. The molecule has 0 saturated heterocycles. The van der Waals surface area contributed by atoms with E-state index in [2.05, 4.69) is 4.85 Å². The second kappa shape index (κ2) is 8.03. The molecule has 0 bridgehead atoms. The van der Waals surface area contributed by atoms with Crippen LogP contribution in [0.3, 0.4) is 0 Å². The summed E-state index contributed by atoms with van der Waals surface area (Å²) in [6.07, 6.45) is 0.565. The fourth-order valence-corrected chi connectivity index (χ4v) is 7.63. The normalized spacial score (nSPS) is 14.2. The third-order valence-corrected chi connectivity index (χ3v) is 8.84. The van der Waals surface area contributed by atoms with Crippen LogP contribution in [0.4, 0.5) is 0 Å². The van der Waals surface area contributed by atoms with Gasteiger partial charge in [-0.2, -0.15) is 5.26 Å². The monoisotopic (exact) mass is 436 g/mol. The van der Waals surface area contributed by atoms with Gasteiger partial charge in [0.2, 0.25) is 0 Å². The topological polar surface area (TPSA) is 94.9 Å². The van der Waals surface area contributed by atoms with E-state index in [9.17, 15) is 20.3 Å². The van der Waals surface area contributed by atoms with Crippen molar-refractivity contribution in [2.75, 3.05) is 6.61 Å². The summed E-state index contributed by atoms with van der Waals surface area (Å²) in [7, 11) is 0. The number of phenolic OH excluding ortho intramolecular Hbond substituents is 2. The maximum Gasteiger partial charge on any atom is 0.350 e. The van der Waals surface area contributed by atoms with Gasteiger partial charge in [0.25, 0.3) is 0 Å². The van der Waals surface area contributed by atoms with Gasteiger partial charge in [0.15, 0.2) is 11.3 Å². The van der Waals surface area contributed by atoms with Crippen LogP contribution in [0.1, 0.15) is 20.3 Å². The lowest BCUT2D eigenvalue weighted by Gasteiger charge is -2.08. The van der Waals surface area contributed by atoms with E-state index in [0.717, 1.165) is 27.8 Å². The molecule has 0 aliphatic carbocycles. The molecule has 0 unspecified atom stereocenters. The number of hydrogen-bond acceptors (Lipinski definition) is 9. The predicted octanol–water partition coefficient (Wildman–Crippen LogP) is 5.29. The minimum atomic E-state index is -0.729. The maximum absolute atomic E-state index is 12.0. The Morgan fingerprint density at radius 2 is 1.56 bits per heavy atom. The number of allylic oxidation sites excluding steroid dienone is 1. The molecule has 0 radical (unpaired) electrons. The van der Waals surface area contributed by atoms with Crippen LogP contribution in [-0.2, 0) is 9.53 Å². The SMILES string of the molecule is [C-]#[N+]C(CC)=C1Sc2c(O)c3c(c(O)c2S1)SC(=C(C#N)C(=O)OCC)S3. The number of esters is 1. The molecule has 0 fully saturated rings. The summed E-state index contributed by atoms with van der Waals surface area (Å²) in [5, 5.41) is 30.7. The van der Waals surface area contributed by atoms with Crippen molar-refractivity contribution >= 4 is 53.0 Å². The van der Waals surface area contributed by atoms with Gasteiger partial charge in [-0.15, -0.1) is 0 Å². The molecular formula is C17H12N2O4S4. The Kier molecular flexibility index (Phi) is 5.92. The number of thioether (sulfide) groups is 4. The summed E-state index contributed by atoms with van der Waals surface area (Å²) in [5.74, 6) is -0.758. The number of phenols is 2. The van der Waals surface area contributed by atoms with E-state index in [0.29, 0.717) is 35.9 Å². The number of carbonyl (C=O) groups is 1. The molecule has 2 N–H and O–H groups in total. The highest BCUT2D eigenvalue weighted by molar-refractivity contribution is 8.26. The third-order valence-electron chi connectivity index (χ3n) is 3.55. The summed E-state index contributed by atoms with van der Waals surface area (Å²) in [5.41, 5.74) is 0.430. The number of nitriles is 1. The number of hydrogen-bond donors (Lipinski definition) is 2. The largest absolute Gasteiger partial charge is 0.505 e. The Morgan fingerprint density at radius 3 is 1.93 bits per heavy atom. The smallest absolute Gasteiger partial charge is 0.350 e. The zero-order valence-electron chi connectivity index (χ0n) is 14.2. The molecule has 2 aliphatic rings. The molecule has 3 rings (SSSR count). The molecule has 0 amide bonds. The average Bonchev–Trinajstić information content (AvgIpc) is 3.27. The molecule has 10 heteroatoms. The molecule has 2 aliphatic heterocycles. The first-order valence-corrected chi connectivity index (χ1v) is 11.0. The van der Waals surface area contributed by atoms with Crippen molar-refractivity contribution in [1.29, 1.82) is 5.26 Å². The quantitative estimate of drug-likeness (QED) is 0.215. The van der Waals surface area contributed by atoms with Crippen molar-refractivity contribution in [3.63, 3.8) is 0 Å².